The first-order chi connectivity index (χ1) is 8.82. The third kappa shape index (κ3) is 3.59. The third-order valence-corrected chi connectivity index (χ3v) is 5.08. The number of rotatable bonds is 5. The summed E-state index contributed by atoms with van der Waals surface area (Å²) in [5.74, 6) is 0.778. The highest BCUT2D eigenvalue weighted by Crippen LogP contribution is 2.45. The van der Waals surface area contributed by atoms with E-state index in [0.717, 1.165) is 32.2 Å². The first kappa shape index (κ1) is 16.2. The van der Waals surface area contributed by atoms with E-state index in [9.17, 15) is 4.79 Å². The van der Waals surface area contributed by atoms with Gasteiger partial charge in [0, 0.05) is 25.6 Å². The molecule has 3 heteroatoms. The van der Waals surface area contributed by atoms with Gasteiger partial charge in [-0.05, 0) is 37.0 Å². The molecule has 1 saturated carbocycles. The molecule has 110 valence electrons. The van der Waals surface area contributed by atoms with Crippen molar-refractivity contribution < 1.29 is 4.79 Å². The van der Waals surface area contributed by atoms with E-state index < -0.39 is 0 Å². The van der Waals surface area contributed by atoms with Gasteiger partial charge in [-0.2, -0.15) is 0 Å². The number of hydrogen-bond acceptors (Lipinski definition) is 2. The summed E-state index contributed by atoms with van der Waals surface area (Å²) in [5, 5.41) is 0. The lowest BCUT2D eigenvalue weighted by molar-refractivity contribution is -0.142. The summed E-state index contributed by atoms with van der Waals surface area (Å²) in [4.78, 5) is 14.5. The van der Waals surface area contributed by atoms with E-state index in [1.54, 1.807) is 0 Å². The smallest absolute Gasteiger partial charge is 0.225 e. The van der Waals surface area contributed by atoms with Crippen LogP contribution in [0.25, 0.3) is 0 Å². The second kappa shape index (κ2) is 6.56. The molecule has 1 aliphatic rings. The average molecular weight is 266 g/mol. The predicted octanol–water partition coefficient (Wildman–Crippen LogP) is 2.81. The van der Waals surface area contributed by atoms with Gasteiger partial charge in [-0.25, -0.2) is 0 Å². The number of nitrogens with two attached hydrogens (primary N) is 1. The first-order valence-corrected chi connectivity index (χ1v) is 7.43. The number of carbonyl (C=O) groups excluding carboxylic acids is 1. The number of unbranched alkanes of at least 4 members (excludes halogenated alkanes) is 1. The lowest BCUT2D eigenvalue weighted by Gasteiger charge is -2.47. The maximum Gasteiger partial charge on any atom is 0.225 e. The van der Waals surface area contributed by atoms with Gasteiger partial charge in [-0.1, -0.05) is 26.8 Å². The van der Waals surface area contributed by atoms with Crippen molar-refractivity contribution in [1.29, 1.82) is 0 Å². The maximum atomic E-state index is 12.6. The molecule has 0 spiro atoms. The van der Waals surface area contributed by atoms with E-state index in [4.69, 9.17) is 5.73 Å². The van der Waals surface area contributed by atoms with Crippen LogP contribution in [0, 0.1) is 17.3 Å². The van der Waals surface area contributed by atoms with Crippen molar-refractivity contribution in [3.05, 3.63) is 12.7 Å². The summed E-state index contributed by atoms with van der Waals surface area (Å²) in [6, 6.07) is 0.227. The number of carbonyl (C=O) groups is 1. The zero-order valence-electron chi connectivity index (χ0n) is 13.0. The monoisotopic (exact) mass is 266 g/mol. The van der Waals surface area contributed by atoms with Crippen LogP contribution >= 0.6 is 0 Å². The quantitative estimate of drug-likeness (QED) is 0.614. The highest BCUT2D eigenvalue weighted by atomic mass is 16.2. The molecule has 3 nitrogen and oxygen atoms in total. The molecule has 0 bridgehead atoms. The number of allylic oxidation sites excluding steroid dienone is 1. The van der Waals surface area contributed by atoms with Crippen molar-refractivity contribution in [3.63, 3.8) is 0 Å². The Kier molecular flexibility index (Phi) is 5.60. The Morgan fingerprint density at radius 2 is 2.11 bits per heavy atom. The van der Waals surface area contributed by atoms with E-state index >= 15 is 0 Å². The molecule has 1 rings (SSSR count). The number of hydrogen-bond donors (Lipinski definition) is 1. The van der Waals surface area contributed by atoms with E-state index in [0.29, 0.717) is 5.92 Å². The van der Waals surface area contributed by atoms with Gasteiger partial charge in [0.1, 0.15) is 0 Å². The molecule has 0 heterocycles. The number of nitrogens with zero attached hydrogens (tertiary/aromatic N) is 1. The van der Waals surface area contributed by atoms with Crippen molar-refractivity contribution in [3.8, 4) is 0 Å². The fraction of sp³-hybridized carbons (Fsp3) is 0.812. The largest absolute Gasteiger partial charge is 0.345 e. The Morgan fingerprint density at radius 3 is 2.68 bits per heavy atom. The van der Waals surface area contributed by atoms with Crippen molar-refractivity contribution in [1.82, 2.24) is 4.90 Å². The fourth-order valence-electron chi connectivity index (χ4n) is 3.14. The molecule has 1 amide bonds. The van der Waals surface area contributed by atoms with Crippen LogP contribution in [0.4, 0.5) is 0 Å². The lowest BCUT2D eigenvalue weighted by atomic mass is 9.61. The Hall–Kier alpha value is -0.830. The Morgan fingerprint density at radius 1 is 1.47 bits per heavy atom. The van der Waals surface area contributed by atoms with Crippen molar-refractivity contribution >= 4 is 5.91 Å². The van der Waals surface area contributed by atoms with E-state index in [2.05, 4.69) is 27.4 Å². The molecule has 0 aromatic rings. The maximum absolute atomic E-state index is 12.6. The van der Waals surface area contributed by atoms with Crippen molar-refractivity contribution in [2.24, 2.45) is 23.0 Å². The van der Waals surface area contributed by atoms with E-state index in [1.807, 2.05) is 18.0 Å². The van der Waals surface area contributed by atoms with Crippen molar-refractivity contribution in [2.45, 2.75) is 52.5 Å². The molecule has 0 radical (unpaired) electrons. The van der Waals surface area contributed by atoms with Gasteiger partial charge in [0.15, 0.2) is 0 Å². The normalized spacial score (nSPS) is 29.8. The average Bonchev–Trinajstić information content (AvgIpc) is 2.35. The molecule has 2 N–H and O–H groups in total. The Balaban J connectivity index is 2.67. The third-order valence-electron chi connectivity index (χ3n) is 5.08. The second-order valence-corrected chi connectivity index (χ2v) is 6.59. The van der Waals surface area contributed by atoms with Crippen LogP contribution in [0.1, 0.15) is 46.5 Å². The molecule has 1 fully saturated rings. The molecule has 0 aromatic carbocycles. The van der Waals surface area contributed by atoms with Crippen LogP contribution in [-0.4, -0.2) is 30.4 Å². The number of amides is 1. The van der Waals surface area contributed by atoms with E-state index in [-0.39, 0.29) is 23.3 Å². The van der Waals surface area contributed by atoms with Gasteiger partial charge < -0.3 is 10.6 Å². The highest BCUT2D eigenvalue weighted by molar-refractivity contribution is 5.79. The summed E-state index contributed by atoms with van der Waals surface area (Å²) in [5.41, 5.74) is 6.14. The fourth-order valence-corrected chi connectivity index (χ4v) is 3.14. The van der Waals surface area contributed by atoms with Crippen molar-refractivity contribution in [2.75, 3.05) is 13.6 Å². The predicted molar refractivity (Wildman–Crippen MR) is 80.7 cm³/mol. The van der Waals surface area contributed by atoms with Crippen LogP contribution in [0.15, 0.2) is 12.7 Å². The SMILES string of the molecule is C=CCCCN(C)C(=O)C1CCC(N)C(C)C1(C)C. The summed E-state index contributed by atoms with van der Waals surface area (Å²) < 4.78 is 0. The van der Waals surface area contributed by atoms with Gasteiger partial charge in [0.05, 0.1) is 0 Å². The summed E-state index contributed by atoms with van der Waals surface area (Å²) in [6.07, 6.45) is 5.75. The molecule has 19 heavy (non-hydrogen) atoms. The minimum absolute atomic E-state index is 0.0125. The minimum atomic E-state index is -0.0125. The Labute approximate surface area is 118 Å². The standard InChI is InChI=1S/C16H30N2O/c1-6-7-8-11-18(5)15(19)13-9-10-14(17)12(2)16(13,3)4/h6,12-14H,1,7-11,17H2,2-5H3. The zero-order chi connectivity index (χ0) is 14.6. The first-order valence-electron chi connectivity index (χ1n) is 7.43. The van der Waals surface area contributed by atoms with E-state index in [1.165, 1.54) is 0 Å². The lowest BCUT2D eigenvalue weighted by Crippen LogP contribution is -2.51. The molecular formula is C16H30N2O. The van der Waals surface area contributed by atoms with Gasteiger partial charge in [-0.15, -0.1) is 6.58 Å². The van der Waals surface area contributed by atoms with Crippen LogP contribution in [0.3, 0.4) is 0 Å². The molecule has 0 saturated heterocycles. The highest BCUT2D eigenvalue weighted by Gasteiger charge is 2.45. The van der Waals surface area contributed by atoms with Gasteiger partial charge in [0.25, 0.3) is 0 Å². The van der Waals surface area contributed by atoms with Gasteiger partial charge in [-0.3, -0.25) is 4.79 Å². The molecule has 3 atom stereocenters. The van der Waals surface area contributed by atoms with Crippen LogP contribution in [0.2, 0.25) is 0 Å². The second-order valence-electron chi connectivity index (χ2n) is 6.59. The molecule has 0 aliphatic heterocycles. The molecule has 1 aliphatic carbocycles. The summed E-state index contributed by atoms with van der Waals surface area (Å²) in [7, 11) is 1.92. The molecular weight excluding hydrogens is 236 g/mol. The Bertz CT molecular complexity index is 325. The summed E-state index contributed by atoms with van der Waals surface area (Å²) >= 11 is 0. The molecule has 3 unspecified atom stereocenters. The van der Waals surface area contributed by atoms with Gasteiger partial charge >= 0.3 is 0 Å². The minimum Gasteiger partial charge on any atom is -0.345 e. The van der Waals surface area contributed by atoms with Crippen LogP contribution < -0.4 is 5.73 Å². The zero-order valence-corrected chi connectivity index (χ0v) is 13.0. The van der Waals surface area contributed by atoms with Crippen LogP contribution in [-0.2, 0) is 4.79 Å². The summed E-state index contributed by atoms with van der Waals surface area (Å²) in [6.45, 7) is 11.1. The topological polar surface area (TPSA) is 46.3 Å². The van der Waals surface area contributed by atoms with Crippen LogP contribution in [0.5, 0.6) is 0 Å². The van der Waals surface area contributed by atoms with Gasteiger partial charge in [0.2, 0.25) is 5.91 Å². The molecule has 0 aromatic heterocycles.